The number of hydrogen-bond acceptors (Lipinski definition) is 9. The number of hydrogen-bond donors (Lipinski definition) is 4. The number of carbonyl (C=O) groups is 5. The largest absolute Gasteiger partial charge is 2.00 e. The van der Waals surface area contributed by atoms with E-state index in [1.54, 1.807) is 38.1 Å². The standard InChI is InChI=1S/C36H43N3O3.C25H24N2O2.C11H21NO2.CHI3.CH2I2.CH3I.2ClH.Ni/c1-3-4-5-6-7-16-25-36(2,35(41)42)38-33(29-20-12-9-13-21-29)30-22-14-15-23-31(30)37-34(40)32-24-17-26-39(32)27-28-18-10-8-11-19-28;28-24(20-12-5-2-6-13-20)21-14-7-8-15-22(21)26-25(29)23-16-9-17-27(23)18-19-10-3-1-4-11-19;1-3-4-5-6-7-8-9-11(2,12)10(13)14;2-1(3)4;2-1-3;1-2;;;/h3,8-15,18-23,32H,1,4-7,16-17,24-27H2,2H3,(H2,37,38,40,41,42);1-8,10-15,23H,9,16-18H2,(H,26,29);3H,1,4-9,12H2,2H3,(H,13,14);1H;1H2;1H3;2*1H;/q;;;;;;;;+2/p-1/t32-,36-;23-;11-;;;;;;/m111....../s1. The molecular weight excluding hydrogens is 1990 g/mol. The quantitative estimate of drug-likeness (QED) is 0.00667. The van der Waals surface area contributed by atoms with Crippen molar-refractivity contribution < 1.29 is 50.7 Å². The molecule has 2 aliphatic heterocycles. The van der Waals surface area contributed by atoms with Gasteiger partial charge in [0.25, 0.3) is 0 Å². The number of anilines is 1. The van der Waals surface area contributed by atoms with Gasteiger partial charge in [-0.15, -0.1) is 43.7 Å². The molecule has 2 amide bonds. The van der Waals surface area contributed by atoms with Gasteiger partial charge < -0.3 is 31.4 Å². The number of carboxylic acids is 2. The number of carbonyl (C=O) groups excluding carboxylic acids is 3. The molecule has 0 spiro atoms. The average Bonchev–Trinajstić information content (AvgIpc) is 1.82. The fourth-order valence-electron chi connectivity index (χ4n) is 10.6. The molecule has 4 atom stereocenters. The first-order chi connectivity index (χ1) is 45.3. The van der Waals surface area contributed by atoms with Crippen LogP contribution in [0.3, 0.4) is 0 Å². The van der Waals surface area contributed by atoms with Gasteiger partial charge in [-0.25, -0.2) is 4.79 Å². The minimum atomic E-state index is -1.32. The van der Waals surface area contributed by atoms with Crippen molar-refractivity contribution in [2.75, 3.05) is 25.8 Å². The number of aliphatic carboxylic acids is 2. The smallest absolute Gasteiger partial charge is 0.625 e. The molecule has 2 saturated heterocycles. The first kappa shape index (κ1) is 94.4. The summed E-state index contributed by atoms with van der Waals surface area (Å²) in [6.45, 7) is 13.9. The topological polar surface area (TPSA) is 197 Å². The summed E-state index contributed by atoms with van der Waals surface area (Å²) >= 11 is 13.6. The minimum absolute atomic E-state index is 0. The number of benzene rings is 6. The Morgan fingerprint density at radius 3 is 1.47 bits per heavy atom. The first-order valence-corrected chi connectivity index (χ1v) is 40.7. The Bertz CT molecular complexity index is 3220. The molecule has 6 aromatic rings. The van der Waals surface area contributed by atoms with Crippen molar-refractivity contribution in [2.24, 2.45) is 10.7 Å². The predicted molar refractivity (Wildman–Crippen MR) is 457 cm³/mol. The van der Waals surface area contributed by atoms with Crippen LogP contribution >= 0.6 is 160 Å². The van der Waals surface area contributed by atoms with Crippen molar-refractivity contribution in [3.8, 4) is 0 Å². The van der Waals surface area contributed by atoms with Crippen LogP contribution in [-0.4, -0.2) is 98.8 Å². The van der Waals surface area contributed by atoms with E-state index in [9.17, 15) is 29.1 Å². The van der Waals surface area contributed by atoms with Crippen molar-refractivity contribution in [3.63, 3.8) is 0 Å². The van der Waals surface area contributed by atoms with Gasteiger partial charge in [0.15, 0.2) is 11.3 Å². The fraction of sp³-hybridized carbons (Fsp3) is 0.387. The number of nitrogens with two attached hydrogens (primary N) is 1. The molecule has 5 N–H and O–H groups in total. The Hall–Kier alpha value is -2.65. The van der Waals surface area contributed by atoms with Crippen LogP contribution in [0.2, 0.25) is 0 Å². The van der Waals surface area contributed by atoms with E-state index in [1.807, 2.05) is 138 Å². The summed E-state index contributed by atoms with van der Waals surface area (Å²) in [5.41, 5.74) is 9.76. The number of nitrogens with zero attached hydrogens (tertiary/aromatic N) is 4. The number of unbranched alkanes of at least 4 members (excludes halogenated alkanes) is 8. The summed E-state index contributed by atoms with van der Waals surface area (Å²) < 4.78 is 1.93. The number of aliphatic imine (C=N–C) groups is 1. The van der Waals surface area contributed by atoms with Gasteiger partial charge in [0.05, 0.1) is 31.8 Å². The summed E-state index contributed by atoms with van der Waals surface area (Å²) in [5.74, 6) is -2.19. The summed E-state index contributed by atoms with van der Waals surface area (Å²) in [5, 5.41) is 26.7. The second-order valence-electron chi connectivity index (χ2n) is 22.9. The Kier molecular flexibility index (Phi) is 53.5. The SMILES string of the molecule is C=CCCCCCC[C@@](C)(N)C(=O)O.C=CCCCCCC[C@@](C)(N=C(c1ccccc1)c1ccccc1[N-]C(=O)[C@H]1CCCN1Cc1ccccc1)C(=O)O.CI.Cl.Cl.IC(I)I.ICI.O=C(c1ccccc1)c1ccccc1NC(=O)[C@H]1CCCN1Cc1ccccc1.[Ni+2]. The number of alkyl halides is 6. The number of rotatable bonds is 29. The third kappa shape index (κ3) is 36.4. The molecule has 0 unspecified atom stereocenters. The molecule has 13 nitrogen and oxygen atoms in total. The summed E-state index contributed by atoms with van der Waals surface area (Å²) in [7, 11) is 0. The van der Waals surface area contributed by atoms with E-state index >= 15 is 0 Å². The van der Waals surface area contributed by atoms with Gasteiger partial charge in [0, 0.05) is 29.8 Å². The average molecular weight is 2080 g/mol. The number of nitrogens with one attached hydrogen (secondary N) is 1. The van der Waals surface area contributed by atoms with Gasteiger partial charge in [0.1, 0.15) is 5.48 Å². The number of ketones is 1. The predicted octanol–water partition coefficient (Wildman–Crippen LogP) is 21.2. The van der Waals surface area contributed by atoms with Crippen molar-refractivity contribution in [1.82, 2.24) is 9.80 Å². The number of allylic oxidation sites excluding steroid dienone is 2. The third-order valence-electron chi connectivity index (χ3n) is 15.7. The van der Waals surface area contributed by atoms with Crippen molar-refractivity contribution in [1.29, 1.82) is 0 Å². The van der Waals surface area contributed by atoms with E-state index in [4.69, 9.17) is 15.8 Å². The van der Waals surface area contributed by atoms with Crippen LogP contribution in [0.1, 0.15) is 155 Å². The number of likely N-dealkylation sites (tertiary alicyclic amines) is 2. The molecule has 97 heavy (non-hydrogen) atoms. The molecule has 0 aliphatic carbocycles. The zero-order valence-corrected chi connectivity index (χ0v) is 71.1. The van der Waals surface area contributed by atoms with Crippen molar-refractivity contribution in [2.45, 2.75) is 153 Å². The number of para-hydroxylation sites is 2. The summed E-state index contributed by atoms with van der Waals surface area (Å²) in [6.07, 6.45) is 18.3. The molecule has 0 saturated carbocycles. The van der Waals surface area contributed by atoms with E-state index in [0.29, 0.717) is 53.2 Å². The Balaban J connectivity index is 0.00000145. The maximum absolute atomic E-state index is 13.6. The molecule has 6 aromatic carbocycles. The molecule has 2 fully saturated rings. The van der Waals surface area contributed by atoms with Gasteiger partial charge in [-0.3, -0.25) is 29.2 Å². The molecule has 0 bridgehead atoms. The summed E-state index contributed by atoms with van der Waals surface area (Å²) in [4.78, 5) is 74.2. The molecule has 8 rings (SSSR count). The first-order valence-electron chi connectivity index (χ1n) is 31.7. The molecule has 0 radical (unpaired) electrons. The molecule has 2 heterocycles. The third-order valence-corrected chi connectivity index (χ3v) is 15.7. The maximum Gasteiger partial charge on any atom is 2.00 e. The van der Waals surface area contributed by atoms with E-state index in [1.165, 1.54) is 13.6 Å². The summed E-state index contributed by atoms with van der Waals surface area (Å²) in [6, 6.07) is 53.3. The number of carboxylic acid groups (broad SMARTS) is 2. The second kappa shape index (κ2) is 55.0. The van der Waals surface area contributed by atoms with Crippen LogP contribution in [0.25, 0.3) is 5.32 Å². The van der Waals surface area contributed by atoms with Gasteiger partial charge in [-0.05, 0) is 125 Å². The molecule has 22 heteroatoms. The number of halogens is 8. The Labute approximate surface area is 682 Å². The van der Waals surface area contributed by atoms with Gasteiger partial charge in [-0.1, -0.05) is 344 Å². The zero-order chi connectivity index (χ0) is 69.2. The molecular formula is C75H95Cl2I6N6NiO7+. The van der Waals surface area contributed by atoms with Crippen LogP contribution in [-0.2, 0) is 48.8 Å². The number of amides is 2. The molecule has 2 aliphatic rings. The van der Waals surface area contributed by atoms with Crippen LogP contribution in [0.4, 0.5) is 11.4 Å². The monoisotopic (exact) mass is 2080 g/mol. The van der Waals surface area contributed by atoms with E-state index in [-0.39, 0.29) is 71.0 Å². The van der Waals surface area contributed by atoms with E-state index in [0.717, 1.165) is 115 Å². The van der Waals surface area contributed by atoms with Crippen molar-refractivity contribution in [3.05, 3.63) is 234 Å². The van der Waals surface area contributed by atoms with Gasteiger partial charge >= 0.3 is 28.4 Å². The molecule has 0 aromatic heterocycles. The van der Waals surface area contributed by atoms with Crippen LogP contribution in [0.15, 0.2) is 200 Å². The molecule has 532 valence electrons. The second-order valence-corrected chi connectivity index (χ2v) is 38.2. The fourth-order valence-corrected chi connectivity index (χ4v) is 10.6. The van der Waals surface area contributed by atoms with E-state index in [2.05, 4.69) is 193 Å². The normalized spacial score (nSPS) is 15.0. The van der Waals surface area contributed by atoms with Crippen LogP contribution in [0.5, 0.6) is 0 Å². The maximum atomic E-state index is 13.6. The van der Waals surface area contributed by atoms with Crippen LogP contribution in [0, 0.1) is 0 Å². The Morgan fingerprint density at radius 2 is 1.00 bits per heavy atom. The van der Waals surface area contributed by atoms with Crippen LogP contribution < -0.4 is 11.1 Å². The van der Waals surface area contributed by atoms with Crippen molar-refractivity contribution >= 4 is 207 Å². The van der Waals surface area contributed by atoms with Gasteiger partial charge in [0.2, 0.25) is 5.91 Å². The van der Waals surface area contributed by atoms with E-state index < -0.39 is 23.0 Å². The minimum Gasteiger partial charge on any atom is -0.625 e. The zero-order valence-electron chi connectivity index (χ0n) is 55.5. The Morgan fingerprint density at radius 1 is 0.598 bits per heavy atom. The van der Waals surface area contributed by atoms with Gasteiger partial charge in [-0.2, -0.15) is 0 Å².